The van der Waals surface area contributed by atoms with Gasteiger partial charge in [-0.05, 0) is 43.4 Å². The van der Waals surface area contributed by atoms with E-state index in [2.05, 4.69) is 5.32 Å². The number of hydrogen-bond acceptors (Lipinski definition) is 10. The molecule has 228 valence electrons. The van der Waals surface area contributed by atoms with E-state index in [1.807, 2.05) is 30.3 Å². The highest BCUT2D eigenvalue weighted by atomic mass is 32.2. The van der Waals surface area contributed by atoms with Crippen LogP contribution in [-0.2, 0) is 35.5 Å². The third-order valence-electron chi connectivity index (χ3n) is 8.12. The molecule has 2 N–H and O–H groups in total. The average molecular weight is 605 g/mol. The van der Waals surface area contributed by atoms with Crippen molar-refractivity contribution in [3.8, 4) is 11.5 Å². The van der Waals surface area contributed by atoms with Gasteiger partial charge in [-0.15, -0.1) is 0 Å². The molecule has 3 fully saturated rings. The molecule has 1 amide bonds. The van der Waals surface area contributed by atoms with Crippen LogP contribution in [0.4, 0.5) is 4.79 Å². The van der Waals surface area contributed by atoms with Gasteiger partial charge in [0, 0.05) is 6.07 Å². The average Bonchev–Trinajstić information content (AvgIpc) is 3.79. The molecule has 2 saturated heterocycles. The molecule has 6 rings (SSSR count). The fraction of sp³-hybridized carbons (Fsp3) is 0.552. The molecule has 2 aromatic rings. The molecule has 0 radical (unpaired) electrons. The molecular formula is C29H36N2O10S. The van der Waals surface area contributed by atoms with Crippen molar-refractivity contribution >= 4 is 16.1 Å². The molecule has 2 aromatic carbocycles. The largest absolute Gasteiger partial charge is 0.454 e. The number of hydrogen-bond donors (Lipinski definition) is 2. The summed E-state index contributed by atoms with van der Waals surface area (Å²) in [6.45, 7) is 0.354. The summed E-state index contributed by atoms with van der Waals surface area (Å²) in [5.41, 5.74) is 0.845. The second-order valence-corrected chi connectivity index (χ2v) is 12.8. The summed E-state index contributed by atoms with van der Waals surface area (Å²) in [5, 5.41) is 14.3. The molecule has 42 heavy (non-hydrogen) atoms. The highest BCUT2D eigenvalue weighted by molar-refractivity contribution is 7.89. The summed E-state index contributed by atoms with van der Waals surface area (Å²) in [6.07, 6.45) is 0.988. The number of aliphatic hydroxyl groups is 1. The maximum atomic E-state index is 13.9. The number of fused-ring (bicyclic) bond motifs is 2. The Bertz CT molecular complexity index is 1340. The predicted octanol–water partition coefficient (Wildman–Crippen LogP) is 2.74. The monoisotopic (exact) mass is 604 g/mol. The van der Waals surface area contributed by atoms with Crippen LogP contribution in [0.15, 0.2) is 53.4 Å². The van der Waals surface area contributed by atoms with Crippen LogP contribution in [0.5, 0.6) is 11.5 Å². The number of alkyl carbamates (subject to hydrolysis) is 1. The van der Waals surface area contributed by atoms with Gasteiger partial charge in [0.25, 0.3) is 10.0 Å². The molecule has 0 spiro atoms. The number of hydroxylamine groups is 1. The van der Waals surface area contributed by atoms with Crippen molar-refractivity contribution in [1.29, 1.82) is 0 Å². The van der Waals surface area contributed by atoms with Crippen molar-refractivity contribution in [3.05, 3.63) is 54.1 Å². The van der Waals surface area contributed by atoms with Crippen molar-refractivity contribution in [2.45, 2.75) is 74.1 Å². The number of carbonyl (C=O) groups excluding carboxylic acids is 1. The number of nitrogens with zero attached hydrogens (tertiary/aromatic N) is 1. The van der Waals surface area contributed by atoms with E-state index in [0.717, 1.165) is 29.3 Å². The van der Waals surface area contributed by atoms with Gasteiger partial charge < -0.3 is 34.1 Å². The second-order valence-electron chi connectivity index (χ2n) is 11.0. The minimum absolute atomic E-state index is 0.00415. The summed E-state index contributed by atoms with van der Waals surface area (Å²) in [6, 6.07) is 12.8. The number of aliphatic hydroxyl groups excluding tert-OH is 1. The van der Waals surface area contributed by atoms with Gasteiger partial charge >= 0.3 is 6.09 Å². The molecule has 1 aliphatic carbocycles. The van der Waals surface area contributed by atoms with Crippen molar-refractivity contribution in [2.75, 3.05) is 26.6 Å². The molecule has 0 bridgehead atoms. The lowest BCUT2D eigenvalue weighted by molar-refractivity contribution is -0.145. The molecule has 3 aliphatic heterocycles. The van der Waals surface area contributed by atoms with Crippen LogP contribution >= 0.6 is 0 Å². The Morgan fingerprint density at radius 2 is 1.83 bits per heavy atom. The first-order valence-electron chi connectivity index (χ1n) is 14.4. The van der Waals surface area contributed by atoms with Crippen LogP contribution in [-0.4, -0.2) is 81.3 Å². The van der Waals surface area contributed by atoms with Crippen LogP contribution in [0.1, 0.15) is 37.7 Å². The Labute approximate surface area is 244 Å². The van der Waals surface area contributed by atoms with E-state index in [0.29, 0.717) is 30.9 Å². The quantitative estimate of drug-likeness (QED) is 0.368. The van der Waals surface area contributed by atoms with Crippen LogP contribution in [0.3, 0.4) is 0 Å². The minimum atomic E-state index is -4.23. The van der Waals surface area contributed by atoms with E-state index in [1.54, 1.807) is 0 Å². The van der Waals surface area contributed by atoms with Crippen molar-refractivity contribution in [3.63, 3.8) is 0 Å². The molecular weight excluding hydrogens is 568 g/mol. The first kappa shape index (κ1) is 29.1. The highest BCUT2D eigenvalue weighted by Crippen LogP contribution is 2.36. The molecule has 1 saturated carbocycles. The fourth-order valence-corrected chi connectivity index (χ4v) is 7.13. The first-order valence-corrected chi connectivity index (χ1v) is 15.8. The summed E-state index contributed by atoms with van der Waals surface area (Å²) < 4.78 is 56.0. The zero-order chi connectivity index (χ0) is 29.1. The fourth-order valence-electron chi connectivity index (χ4n) is 5.81. The van der Waals surface area contributed by atoms with Crippen LogP contribution < -0.4 is 14.8 Å². The predicted molar refractivity (Wildman–Crippen MR) is 147 cm³/mol. The molecule has 13 heteroatoms. The Balaban J connectivity index is 1.21. The maximum Gasteiger partial charge on any atom is 0.407 e. The maximum absolute atomic E-state index is 13.9. The normalized spacial score (nSPS) is 25.0. The van der Waals surface area contributed by atoms with E-state index >= 15 is 0 Å². The second kappa shape index (κ2) is 12.7. The first-order chi connectivity index (χ1) is 20.4. The molecule has 0 aromatic heterocycles. The SMILES string of the molecule is O=C(N[C@@H](Cc1ccccc1)[C@@H](O)CN(OC1CCCC1)S(=O)(=O)c1ccc2c(c1)OCO2)OC1CO[C@@H]2OCCC12. The number of nitrogens with one attached hydrogen (secondary N) is 1. The van der Waals surface area contributed by atoms with E-state index in [4.69, 9.17) is 28.5 Å². The number of amides is 1. The molecule has 2 unspecified atom stereocenters. The Kier molecular flexibility index (Phi) is 8.84. The van der Waals surface area contributed by atoms with E-state index < -0.39 is 40.9 Å². The third kappa shape index (κ3) is 6.51. The molecule has 12 nitrogen and oxygen atoms in total. The van der Waals surface area contributed by atoms with Crippen LogP contribution in [0.25, 0.3) is 0 Å². The third-order valence-corrected chi connectivity index (χ3v) is 9.75. The Hall–Kier alpha value is -2.94. The van der Waals surface area contributed by atoms with E-state index in [9.17, 15) is 18.3 Å². The Morgan fingerprint density at radius 1 is 1.05 bits per heavy atom. The highest BCUT2D eigenvalue weighted by Gasteiger charge is 2.44. The number of rotatable bonds is 11. The number of benzene rings is 2. The summed E-state index contributed by atoms with van der Waals surface area (Å²) >= 11 is 0. The molecule has 5 atom stereocenters. The summed E-state index contributed by atoms with van der Waals surface area (Å²) in [5.74, 6) is 0.719. The van der Waals surface area contributed by atoms with Gasteiger partial charge in [0.05, 0.1) is 48.8 Å². The standard InChI is InChI=1S/C29H36N2O10S/c32-24(16-31(41-20-8-4-5-9-20)42(34,35)21-10-11-25-26(15-21)39-18-38-25)23(14-19-6-2-1-3-7-19)30-29(33)40-27-17-37-28-22(27)12-13-36-28/h1-3,6-7,10-11,15,20,22-24,27-28,32H,4-5,8-9,12-14,16-18H2,(H,30,33)/t22?,23-,24-,27?,28-/m0/s1. The van der Waals surface area contributed by atoms with Gasteiger partial charge in [-0.2, -0.15) is 0 Å². The van der Waals surface area contributed by atoms with Gasteiger partial charge in [0.2, 0.25) is 6.79 Å². The number of ether oxygens (including phenoxy) is 5. The molecule has 4 aliphatic rings. The van der Waals surface area contributed by atoms with Crippen LogP contribution in [0, 0.1) is 5.92 Å². The van der Waals surface area contributed by atoms with Gasteiger partial charge in [-0.25, -0.2) is 13.2 Å². The summed E-state index contributed by atoms with van der Waals surface area (Å²) in [4.78, 5) is 19.0. The van der Waals surface area contributed by atoms with Crippen molar-refractivity contribution in [1.82, 2.24) is 9.79 Å². The van der Waals surface area contributed by atoms with Gasteiger partial charge in [0.1, 0.15) is 6.10 Å². The van der Waals surface area contributed by atoms with Gasteiger partial charge in [-0.3, -0.25) is 4.84 Å². The lowest BCUT2D eigenvalue weighted by Gasteiger charge is -2.31. The van der Waals surface area contributed by atoms with Gasteiger partial charge in [0.15, 0.2) is 17.8 Å². The smallest absolute Gasteiger partial charge is 0.407 e. The molecule has 3 heterocycles. The van der Waals surface area contributed by atoms with Crippen LogP contribution in [0.2, 0.25) is 0 Å². The van der Waals surface area contributed by atoms with E-state index in [1.165, 1.54) is 18.2 Å². The zero-order valence-electron chi connectivity index (χ0n) is 23.1. The topological polar surface area (TPSA) is 142 Å². The minimum Gasteiger partial charge on any atom is -0.454 e. The lowest BCUT2D eigenvalue weighted by atomic mass is 10.0. The number of carbonyl (C=O) groups is 1. The zero-order valence-corrected chi connectivity index (χ0v) is 23.9. The summed E-state index contributed by atoms with van der Waals surface area (Å²) in [7, 11) is -4.23. The van der Waals surface area contributed by atoms with E-state index in [-0.39, 0.29) is 43.0 Å². The van der Waals surface area contributed by atoms with Gasteiger partial charge in [-0.1, -0.05) is 47.6 Å². The lowest BCUT2D eigenvalue weighted by Crippen LogP contribution is -2.51. The Morgan fingerprint density at radius 3 is 2.64 bits per heavy atom. The van der Waals surface area contributed by atoms with Crippen molar-refractivity contribution in [2.24, 2.45) is 5.92 Å². The number of sulfonamides is 1. The van der Waals surface area contributed by atoms with Crippen molar-refractivity contribution < 1.29 is 46.8 Å².